The Kier molecular flexibility index (Phi) is 12.6. The highest BCUT2D eigenvalue weighted by Gasteiger charge is 2.31. The molecule has 43 heavy (non-hydrogen) atoms. The number of benzene rings is 3. The number of nitrogens with one attached hydrogen (secondary N) is 1. The van der Waals surface area contributed by atoms with Crippen LogP contribution in [-0.4, -0.2) is 56.6 Å². The number of hydrogen-bond donors (Lipinski definition) is 1. The molecule has 0 unspecified atom stereocenters. The van der Waals surface area contributed by atoms with E-state index in [2.05, 4.69) is 5.32 Å². The molecule has 3 aromatic rings. The van der Waals surface area contributed by atoms with E-state index >= 15 is 0 Å². The van der Waals surface area contributed by atoms with E-state index in [0.29, 0.717) is 24.5 Å². The van der Waals surface area contributed by atoms with Crippen LogP contribution in [0, 0.1) is 6.92 Å². The van der Waals surface area contributed by atoms with Gasteiger partial charge in [0.05, 0.1) is 18.6 Å². The summed E-state index contributed by atoms with van der Waals surface area (Å²) in [6.45, 7) is 8.53. The number of ether oxygens (including phenoxy) is 1. The van der Waals surface area contributed by atoms with Gasteiger partial charge in [-0.25, -0.2) is 8.42 Å². The quantitative estimate of drug-likeness (QED) is 0.232. The van der Waals surface area contributed by atoms with Gasteiger partial charge in [0.2, 0.25) is 21.8 Å². The molecule has 0 aliphatic heterocycles. The lowest BCUT2D eigenvalue weighted by molar-refractivity contribution is -0.141. The standard InChI is InChI=1S/C34H45N3O5S/c1-6-27(4)35-34(39)31(24-28-16-9-8-10-17-28)36(25-29-18-13-15-26(3)23-29)33(38)21-14-22-37(43(5,40)41)30-19-11-12-20-32(30)42-7-2/h8-13,15-20,23,27,31H,6-7,14,21-22,24-25H2,1-5H3,(H,35,39)/t27-,31+/m1/s1. The molecule has 0 saturated heterocycles. The molecule has 3 rings (SSSR count). The third-order valence-corrected chi connectivity index (χ3v) is 8.47. The van der Waals surface area contributed by atoms with Gasteiger partial charge in [-0.05, 0) is 56.9 Å². The summed E-state index contributed by atoms with van der Waals surface area (Å²) in [4.78, 5) is 29.4. The first-order valence-corrected chi connectivity index (χ1v) is 16.8. The van der Waals surface area contributed by atoms with Crippen molar-refractivity contribution in [2.45, 2.75) is 72.0 Å². The number of rotatable bonds is 16. The fourth-order valence-corrected chi connectivity index (χ4v) is 5.89. The Morgan fingerprint density at radius 1 is 0.930 bits per heavy atom. The molecule has 3 aromatic carbocycles. The van der Waals surface area contributed by atoms with E-state index in [1.807, 2.05) is 82.3 Å². The third kappa shape index (κ3) is 10.1. The maximum Gasteiger partial charge on any atom is 0.243 e. The van der Waals surface area contributed by atoms with Gasteiger partial charge in [0.15, 0.2) is 0 Å². The molecule has 1 N–H and O–H groups in total. The number of anilines is 1. The average molecular weight is 608 g/mol. The molecule has 0 spiro atoms. The van der Waals surface area contributed by atoms with Crippen molar-refractivity contribution in [1.29, 1.82) is 0 Å². The zero-order chi connectivity index (χ0) is 31.4. The molecule has 232 valence electrons. The van der Waals surface area contributed by atoms with Gasteiger partial charge in [0.1, 0.15) is 11.8 Å². The van der Waals surface area contributed by atoms with Crippen LogP contribution >= 0.6 is 0 Å². The van der Waals surface area contributed by atoms with Crippen LogP contribution in [0.25, 0.3) is 0 Å². The molecule has 0 radical (unpaired) electrons. The maximum atomic E-state index is 14.0. The highest BCUT2D eigenvalue weighted by molar-refractivity contribution is 7.92. The number of carbonyl (C=O) groups is 2. The second kappa shape index (κ2) is 16.1. The zero-order valence-corrected chi connectivity index (χ0v) is 26.8. The van der Waals surface area contributed by atoms with Crippen LogP contribution in [0.4, 0.5) is 5.69 Å². The predicted octanol–water partition coefficient (Wildman–Crippen LogP) is 5.49. The second-order valence-corrected chi connectivity index (χ2v) is 12.8. The van der Waals surface area contributed by atoms with Crippen LogP contribution in [0.5, 0.6) is 5.75 Å². The molecule has 8 nitrogen and oxygen atoms in total. The van der Waals surface area contributed by atoms with Crippen molar-refractivity contribution in [3.05, 3.63) is 95.6 Å². The Balaban J connectivity index is 1.91. The topological polar surface area (TPSA) is 96.0 Å². The Morgan fingerprint density at radius 3 is 2.26 bits per heavy atom. The number of aryl methyl sites for hydroxylation is 1. The summed E-state index contributed by atoms with van der Waals surface area (Å²) >= 11 is 0. The van der Waals surface area contributed by atoms with Crippen LogP contribution in [0.1, 0.15) is 56.7 Å². The number of para-hydroxylation sites is 2. The molecule has 2 amide bonds. The zero-order valence-electron chi connectivity index (χ0n) is 26.0. The minimum Gasteiger partial charge on any atom is -0.492 e. The van der Waals surface area contributed by atoms with Crippen molar-refractivity contribution in [2.24, 2.45) is 0 Å². The van der Waals surface area contributed by atoms with E-state index in [9.17, 15) is 18.0 Å². The lowest BCUT2D eigenvalue weighted by Gasteiger charge is -2.33. The van der Waals surface area contributed by atoms with Crippen LogP contribution in [-0.2, 0) is 32.6 Å². The van der Waals surface area contributed by atoms with E-state index < -0.39 is 16.1 Å². The van der Waals surface area contributed by atoms with Crippen LogP contribution in [0.2, 0.25) is 0 Å². The molecular formula is C34H45N3O5S. The van der Waals surface area contributed by atoms with Gasteiger partial charge in [-0.3, -0.25) is 13.9 Å². The first-order chi connectivity index (χ1) is 20.5. The largest absolute Gasteiger partial charge is 0.492 e. The second-order valence-electron chi connectivity index (χ2n) is 10.9. The highest BCUT2D eigenvalue weighted by Crippen LogP contribution is 2.30. The Labute approximate surface area is 257 Å². The highest BCUT2D eigenvalue weighted by atomic mass is 32.2. The molecule has 2 atom stereocenters. The number of nitrogens with zero attached hydrogens (tertiary/aromatic N) is 2. The summed E-state index contributed by atoms with van der Waals surface area (Å²) in [5.74, 6) is 0.0448. The lowest BCUT2D eigenvalue weighted by atomic mass is 10.0. The van der Waals surface area contributed by atoms with Crippen molar-refractivity contribution in [3.8, 4) is 5.75 Å². The minimum absolute atomic E-state index is 0.0459. The van der Waals surface area contributed by atoms with Crippen LogP contribution in [0.3, 0.4) is 0 Å². The minimum atomic E-state index is -3.65. The van der Waals surface area contributed by atoms with Crippen LogP contribution < -0.4 is 14.4 Å². The van der Waals surface area contributed by atoms with E-state index in [1.165, 1.54) is 4.31 Å². The summed E-state index contributed by atoms with van der Waals surface area (Å²) in [6.07, 6.45) is 2.60. The van der Waals surface area contributed by atoms with Gasteiger partial charge in [0, 0.05) is 32.0 Å². The normalized spacial score (nSPS) is 12.7. The SMILES string of the molecule is CCOc1ccccc1N(CCCC(=O)N(Cc1cccc(C)c1)[C@@H](Cc1ccccc1)C(=O)N[C@H](C)CC)S(C)(=O)=O. The fourth-order valence-electron chi connectivity index (χ4n) is 4.93. The summed E-state index contributed by atoms with van der Waals surface area (Å²) in [5.41, 5.74) is 3.37. The molecule has 0 aliphatic carbocycles. The number of sulfonamides is 1. The molecule has 0 heterocycles. The van der Waals surface area contributed by atoms with E-state index in [4.69, 9.17) is 4.74 Å². The summed E-state index contributed by atoms with van der Waals surface area (Å²) < 4.78 is 32.6. The van der Waals surface area contributed by atoms with Gasteiger partial charge < -0.3 is 15.0 Å². The summed E-state index contributed by atoms with van der Waals surface area (Å²) in [5, 5.41) is 3.08. The van der Waals surface area contributed by atoms with Gasteiger partial charge in [-0.1, -0.05) is 79.2 Å². The lowest BCUT2D eigenvalue weighted by Crippen LogP contribution is -2.52. The van der Waals surface area contributed by atoms with E-state index in [0.717, 1.165) is 29.4 Å². The van der Waals surface area contributed by atoms with Crippen molar-refractivity contribution in [1.82, 2.24) is 10.2 Å². The predicted molar refractivity (Wildman–Crippen MR) is 173 cm³/mol. The molecule has 0 aromatic heterocycles. The summed E-state index contributed by atoms with van der Waals surface area (Å²) in [6, 6.07) is 23.8. The Hall–Kier alpha value is -3.85. The third-order valence-electron chi connectivity index (χ3n) is 7.29. The number of carbonyl (C=O) groups excluding carboxylic acids is 2. The monoisotopic (exact) mass is 607 g/mol. The van der Waals surface area contributed by atoms with E-state index in [1.54, 1.807) is 29.2 Å². The molecule has 0 fully saturated rings. The molecule has 9 heteroatoms. The van der Waals surface area contributed by atoms with Gasteiger partial charge in [-0.2, -0.15) is 0 Å². The van der Waals surface area contributed by atoms with Crippen LogP contribution in [0.15, 0.2) is 78.9 Å². The molecule has 0 saturated carbocycles. The van der Waals surface area contributed by atoms with Gasteiger partial charge in [-0.15, -0.1) is 0 Å². The number of hydrogen-bond acceptors (Lipinski definition) is 5. The Morgan fingerprint density at radius 2 is 1.60 bits per heavy atom. The van der Waals surface area contributed by atoms with Gasteiger partial charge in [0.25, 0.3) is 0 Å². The van der Waals surface area contributed by atoms with Gasteiger partial charge >= 0.3 is 0 Å². The number of amides is 2. The van der Waals surface area contributed by atoms with Crippen molar-refractivity contribution < 1.29 is 22.7 Å². The Bertz CT molecular complexity index is 1450. The van der Waals surface area contributed by atoms with Crippen molar-refractivity contribution in [3.63, 3.8) is 0 Å². The van der Waals surface area contributed by atoms with E-state index in [-0.39, 0.29) is 43.8 Å². The molecule has 0 bridgehead atoms. The van der Waals surface area contributed by atoms with Crippen molar-refractivity contribution >= 4 is 27.5 Å². The molecular weight excluding hydrogens is 562 g/mol. The smallest absolute Gasteiger partial charge is 0.243 e. The van der Waals surface area contributed by atoms with Crippen molar-refractivity contribution in [2.75, 3.05) is 23.7 Å². The fraction of sp³-hybridized carbons (Fsp3) is 0.412. The maximum absolute atomic E-state index is 14.0. The molecule has 0 aliphatic rings. The first-order valence-electron chi connectivity index (χ1n) is 14.9. The summed E-state index contributed by atoms with van der Waals surface area (Å²) in [7, 11) is -3.65. The first kappa shape index (κ1) is 33.6. The average Bonchev–Trinajstić information content (AvgIpc) is 2.97.